The predicted octanol–water partition coefficient (Wildman–Crippen LogP) is 2.26. The largest absolute Gasteiger partial charge is 0.353 e. The lowest BCUT2D eigenvalue weighted by atomic mass is 10.1. The van der Waals surface area contributed by atoms with Crippen molar-refractivity contribution in [2.45, 2.75) is 13.5 Å². The zero-order valence-corrected chi connectivity index (χ0v) is 10.1. The number of amides is 1. The maximum absolute atomic E-state index is 11.9. The van der Waals surface area contributed by atoms with Crippen LogP contribution in [0.4, 0.5) is 0 Å². The molecule has 2 aromatic rings. The van der Waals surface area contributed by atoms with E-state index in [0.717, 1.165) is 11.3 Å². The van der Waals surface area contributed by atoms with E-state index in [-0.39, 0.29) is 5.91 Å². The van der Waals surface area contributed by atoms with Crippen molar-refractivity contribution >= 4 is 5.91 Å². The van der Waals surface area contributed by atoms with Gasteiger partial charge >= 0.3 is 0 Å². The molecule has 1 amide bonds. The highest BCUT2D eigenvalue weighted by atomic mass is 16.1. The minimum absolute atomic E-state index is 0.0325. The van der Waals surface area contributed by atoms with Crippen molar-refractivity contribution in [1.29, 1.82) is 0 Å². The van der Waals surface area contributed by atoms with Gasteiger partial charge in [0.1, 0.15) is 0 Å². The summed E-state index contributed by atoms with van der Waals surface area (Å²) in [5, 5.41) is 2.91. The first-order chi connectivity index (χ1) is 8.16. The molecule has 3 heteroatoms. The van der Waals surface area contributed by atoms with Gasteiger partial charge in [0.15, 0.2) is 0 Å². The maximum Gasteiger partial charge on any atom is 0.251 e. The zero-order chi connectivity index (χ0) is 12.3. The van der Waals surface area contributed by atoms with Crippen LogP contribution in [0.2, 0.25) is 0 Å². The smallest absolute Gasteiger partial charge is 0.251 e. The molecule has 1 N–H and O–H groups in total. The first-order valence-corrected chi connectivity index (χ1v) is 5.62. The van der Waals surface area contributed by atoms with Crippen LogP contribution in [0, 0.1) is 6.92 Å². The van der Waals surface area contributed by atoms with E-state index in [1.807, 2.05) is 61.1 Å². The molecule has 0 aliphatic rings. The summed E-state index contributed by atoms with van der Waals surface area (Å²) in [5.41, 5.74) is 2.89. The van der Waals surface area contributed by atoms with Crippen molar-refractivity contribution < 1.29 is 4.79 Å². The summed E-state index contributed by atoms with van der Waals surface area (Å²) in [4.78, 5) is 11.9. The van der Waals surface area contributed by atoms with E-state index < -0.39 is 0 Å². The summed E-state index contributed by atoms with van der Waals surface area (Å²) in [6, 6.07) is 11.6. The Hall–Kier alpha value is -2.03. The van der Waals surface area contributed by atoms with Gasteiger partial charge in [-0.15, -0.1) is 0 Å². The van der Waals surface area contributed by atoms with Crippen molar-refractivity contribution in [2.24, 2.45) is 7.05 Å². The van der Waals surface area contributed by atoms with Crippen LogP contribution in [0.5, 0.6) is 0 Å². The summed E-state index contributed by atoms with van der Waals surface area (Å²) >= 11 is 0. The highest BCUT2D eigenvalue weighted by Gasteiger charge is 2.05. The van der Waals surface area contributed by atoms with E-state index >= 15 is 0 Å². The van der Waals surface area contributed by atoms with Crippen molar-refractivity contribution in [3.63, 3.8) is 0 Å². The lowest BCUT2D eigenvalue weighted by Gasteiger charge is -2.06. The van der Waals surface area contributed by atoms with Crippen molar-refractivity contribution in [1.82, 2.24) is 9.88 Å². The Labute approximate surface area is 101 Å². The second-order valence-corrected chi connectivity index (χ2v) is 4.16. The molecule has 0 aliphatic heterocycles. The molecule has 0 saturated heterocycles. The van der Waals surface area contributed by atoms with Crippen LogP contribution in [0.1, 0.15) is 21.6 Å². The fraction of sp³-hybridized carbons (Fsp3) is 0.214. The van der Waals surface area contributed by atoms with Crippen molar-refractivity contribution in [3.8, 4) is 0 Å². The molecule has 88 valence electrons. The molecule has 1 heterocycles. The number of aryl methyl sites for hydroxylation is 2. The summed E-state index contributed by atoms with van der Waals surface area (Å²) in [6.07, 6.45) is 1.97. The summed E-state index contributed by atoms with van der Waals surface area (Å²) in [6.45, 7) is 2.53. The molecule has 1 aromatic heterocycles. The van der Waals surface area contributed by atoms with E-state index in [4.69, 9.17) is 0 Å². The molecule has 0 unspecified atom stereocenters. The zero-order valence-electron chi connectivity index (χ0n) is 10.1. The van der Waals surface area contributed by atoms with Crippen LogP contribution in [0.15, 0.2) is 42.6 Å². The topological polar surface area (TPSA) is 34.0 Å². The molecule has 0 fully saturated rings. The molecule has 0 aliphatic carbocycles. The Bertz CT molecular complexity index is 529. The Balaban J connectivity index is 2.01. The Morgan fingerprint density at radius 3 is 2.76 bits per heavy atom. The van der Waals surface area contributed by atoms with Crippen LogP contribution in [-0.2, 0) is 13.6 Å². The molecule has 0 atom stereocenters. The molecule has 2 rings (SSSR count). The number of benzene rings is 1. The van der Waals surface area contributed by atoms with Crippen molar-refractivity contribution in [3.05, 3.63) is 59.4 Å². The minimum atomic E-state index is -0.0325. The first kappa shape index (κ1) is 11.5. The highest BCUT2D eigenvalue weighted by molar-refractivity contribution is 5.94. The van der Waals surface area contributed by atoms with Gasteiger partial charge in [0.2, 0.25) is 0 Å². The lowest BCUT2D eigenvalue weighted by Crippen LogP contribution is -2.23. The lowest BCUT2D eigenvalue weighted by molar-refractivity contribution is 0.0950. The van der Waals surface area contributed by atoms with Crippen LogP contribution >= 0.6 is 0 Å². The fourth-order valence-electron chi connectivity index (χ4n) is 1.74. The Morgan fingerprint density at radius 2 is 2.12 bits per heavy atom. The molecule has 0 spiro atoms. The van der Waals surface area contributed by atoms with Crippen LogP contribution in [-0.4, -0.2) is 10.5 Å². The van der Waals surface area contributed by atoms with Crippen LogP contribution < -0.4 is 5.32 Å². The number of hydrogen-bond acceptors (Lipinski definition) is 1. The van der Waals surface area contributed by atoms with E-state index in [1.54, 1.807) is 0 Å². The second kappa shape index (κ2) is 4.87. The van der Waals surface area contributed by atoms with Gasteiger partial charge in [-0.2, -0.15) is 0 Å². The van der Waals surface area contributed by atoms with Crippen molar-refractivity contribution in [2.75, 3.05) is 0 Å². The average molecular weight is 228 g/mol. The maximum atomic E-state index is 11.9. The van der Waals surface area contributed by atoms with E-state index in [0.29, 0.717) is 12.1 Å². The molecule has 3 nitrogen and oxygen atoms in total. The number of nitrogens with one attached hydrogen (secondary N) is 1. The van der Waals surface area contributed by atoms with Gasteiger partial charge in [-0.25, -0.2) is 0 Å². The highest BCUT2D eigenvalue weighted by Crippen LogP contribution is 2.04. The SMILES string of the molecule is Cc1cccc(C(=O)NCc2cccn2C)c1. The van der Waals surface area contributed by atoms with Gasteiger partial charge in [-0.1, -0.05) is 17.7 Å². The van der Waals surface area contributed by atoms with Gasteiger partial charge in [-0.05, 0) is 31.2 Å². The Kier molecular flexibility index (Phi) is 3.28. The molecular weight excluding hydrogens is 212 g/mol. The standard InChI is InChI=1S/C14H16N2O/c1-11-5-3-6-12(9-11)14(17)15-10-13-7-4-8-16(13)2/h3-9H,10H2,1-2H3,(H,15,17). The van der Waals surface area contributed by atoms with Gasteiger partial charge in [0, 0.05) is 24.5 Å². The third-order valence-electron chi connectivity index (χ3n) is 2.76. The number of carbonyl (C=O) groups is 1. The number of rotatable bonds is 3. The first-order valence-electron chi connectivity index (χ1n) is 5.62. The summed E-state index contributed by atoms with van der Waals surface area (Å²) in [5.74, 6) is -0.0325. The Morgan fingerprint density at radius 1 is 1.29 bits per heavy atom. The van der Waals surface area contributed by atoms with Gasteiger partial charge in [0.25, 0.3) is 5.91 Å². The second-order valence-electron chi connectivity index (χ2n) is 4.16. The van der Waals surface area contributed by atoms with E-state index in [2.05, 4.69) is 5.32 Å². The molecule has 17 heavy (non-hydrogen) atoms. The number of nitrogens with zero attached hydrogens (tertiary/aromatic N) is 1. The monoisotopic (exact) mass is 228 g/mol. The minimum Gasteiger partial charge on any atom is -0.353 e. The van der Waals surface area contributed by atoms with E-state index in [1.165, 1.54) is 0 Å². The summed E-state index contributed by atoms with van der Waals surface area (Å²) in [7, 11) is 1.97. The number of carbonyl (C=O) groups excluding carboxylic acids is 1. The van der Waals surface area contributed by atoms with Gasteiger partial charge < -0.3 is 9.88 Å². The van der Waals surface area contributed by atoms with Gasteiger partial charge in [0.05, 0.1) is 6.54 Å². The summed E-state index contributed by atoms with van der Waals surface area (Å²) < 4.78 is 2.00. The van der Waals surface area contributed by atoms with Crippen LogP contribution in [0.3, 0.4) is 0 Å². The normalized spacial score (nSPS) is 10.2. The number of hydrogen-bond donors (Lipinski definition) is 1. The molecule has 0 bridgehead atoms. The van der Waals surface area contributed by atoms with E-state index in [9.17, 15) is 4.79 Å². The number of aromatic nitrogens is 1. The molecule has 0 saturated carbocycles. The molecular formula is C14H16N2O. The quantitative estimate of drug-likeness (QED) is 0.859. The third kappa shape index (κ3) is 2.75. The van der Waals surface area contributed by atoms with Crippen LogP contribution in [0.25, 0.3) is 0 Å². The molecule has 0 radical (unpaired) electrons. The average Bonchev–Trinajstić information content (AvgIpc) is 2.72. The third-order valence-corrected chi connectivity index (χ3v) is 2.76. The fourth-order valence-corrected chi connectivity index (χ4v) is 1.74. The predicted molar refractivity (Wildman–Crippen MR) is 67.8 cm³/mol. The molecule has 1 aromatic carbocycles. The van der Waals surface area contributed by atoms with Gasteiger partial charge in [-0.3, -0.25) is 4.79 Å².